The van der Waals surface area contributed by atoms with Gasteiger partial charge in [-0.15, -0.1) is 0 Å². The fourth-order valence-electron chi connectivity index (χ4n) is 6.44. The van der Waals surface area contributed by atoms with Crippen molar-refractivity contribution in [2.24, 2.45) is 5.92 Å². The highest BCUT2D eigenvalue weighted by Crippen LogP contribution is 2.59. The number of hydrogen-bond donors (Lipinski definition) is 1. The molecule has 3 unspecified atom stereocenters. The molecule has 0 aromatic heterocycles. The summed E-state index contributed by atoms with van der Waals surface area (Å²) >= 11 is 0. The third-order valence-corrected chi connectivity index (χ3v) is 8.29. The number of ketones is 1. The lowest BCUT2D eigenvalue weighted by Gasteiger charge is -2.54. The average Bonchev–Trinajstić information content (AvgIpc) is 3.55. The molecule has 1 aromatic carbocycles. The summed E-state index contributed by atoms with van der Waals surface area (Å²) in [6.45, 7) is 6.01. The molecule has 5 aliphatic rings. The molecule has 1 amide bonds. The van der Waals surface area contributed by atoms with Crippen molar-refractivity contribution in [2.75, 3.05) is 39.4 Å². The lowest BCUT2D eigenvalue weighted by molar-refractivity contribution is -0.151. The van der Waals surface area contributed by atoms with Gasteiger partial charge in [0, 0.05) is 31.6 Å². The SMILES string of the molecule is CCN(CC1CC1)[C@@H]1Cc2ccc(O)c3c2C2C(O3)C(=O)CCC21OC(=O)N1CCOCC1. The number of morpholine rings is 1. The van der Waals surface area contributed by atoms with Gasteiger partial charge in [0.25, 0.3) is 0 Å². The summed E-state index contributed by atoms with van der Waals surface area (Å²) < 4.78 is 18.1. The first kappa shape index (κ1) is 21.2. The fourth-order valence-corrected chi connectivity index (χ4v) is 6.44. The van der Waals surface area contributed by atoms with Crippen LogP contribution in [0.2, 0.25) is 0 Å². The molecular weight excluding hydrogens is 424 g/mol. The van der Waals surface area contributed by atoms with Gasteiger partial charge < -0.3 is 24.2 Å². The number of nitrogens with zero attached hydrogens (tertiary/aromatic N) is 2. The van der Waals surface area contributed by atoms with Gasteiger partial charge >= 0.3 is 6.09 Å². The van der Waals surface area contributed by atoms with E-state index >= 15 is 0 Å². The smallest absolute Gasteiger partial charge is 0.410 e. The van der Waals surface area contributed by atoms with Crippen LogP contribution in [0.5, 0.6) is 11.5 Å². The van der Waals surface area contributed by atoms with E-state index in [4.69, 9.17) is 14.2 Å². The van der Waals surface area contributed by atoms with Crippen LogP contribution in [0.3, 0.4) is 0 Å². The first-order valence-electron chi connectivity index (χ1n) is 12.4. The molecule has 0 spiro atoms. The van der Waals surface area contributed by atoms with E-state index in [1.807, 2.05) is 6.07 Å². The zero-order valence-corrected chi connectivity index (χ0v) is 19.1. The van der Waals surface area contributed by atoms with Crippen LogP contribution < -0.4 is 4.74 Å². The Balaban J connectivity index is 1.45. The molecule has 1 N–H and O–H groups in total. The van der Waals surface area contributed by atoms with E-state index < -0.39 is 17.6 Å². The van der Waals surface area contributed by atoms with E-state index in [2.05, 4.69) is 11.8 Å². The molecule has 2 heterocycles. The van der Waals surface area contributed by atoms with Crippen LogP contribution in [0.25, 0.3) is 0 Å². The predicted molar refractivity (Wildman–Crippen MR) is 119 cm³/mol. The Kier molecular flexibility index (Phi) is 5.07. The number of likely N-dealkylation sites (N-methyl/N-ethyl adjacent to an activating group) is 1. The van der Waals surface area contributed by atoms with Gasteiger partial charge in [0.1, 0.15) is 5.60 Å². The number of amides is 1. The molecule has 178 valence electrons. The number of hydrogen-bond acceptors (Lipinski definition) is 7. The van der Waals surface area contributed by atoms with Crippen LogP contribution in [0.1, 0.15) is 49.7 Å². The van der Waals surface area contributed by atoms with Gasteiger partial charge in [0.05, 0.1) is 25.2 Å². The second-order valence-corrected chi connectivity index (χ2v) is 10.1. The van der Waals surface area contributed by atoms with Crippen LogP contribution >= 0.6 is 0 Å². The van der Waals surface area contributed by atoms with Crippen molar-refractivity contribution in [3.05, 3.63) is 23.3 Å². The number of Topliss-reactive ketones (excluding diaryl/α,β-unsaturated/α-hetero) is 1. The molecule has 0 radical (unpaired) electrons. The minimum atomic E-state index is -0.870. The van der Waals surface area contributed by atoms with Gasteiger partial charge in [-0.05, 0) is 49.8 Å². The first-order chi connectivity index (χ1) is 16.0. The molecule has 6 rings (SSSR count). The minimum Gasteiger partial charge on any atom is -0.504 e. The largest absolute Gasteiger partial charge is 0.504 e. The number of benzene rings is 1. The van der Waals surface area contributed by atoms with E-state index in [1.54, 1.807) is 11.0 Å². The minimum absolute atomic E-state index is 0.0190. The highest BCUT2D eigenvalue weighted by atomic mass is 16.6. The molecule has 2 aliphatic heterocycles. The molecule has 33 heavy (non-hydrogen) atoms. The highest BCUT2D eigenvalue weighted by Gasteiger charge is 2.65. The molecule has 1 aromatic rings. The Morgan fingerprint density at radius 1 is 1.30 bits per heavy atom. The van der Waals surface area contributed by atoms with Crippen molar-refractivity contribution >= 4 is 11.9 Å². The molecule has 2 saturated carbocycles. The summed E-state index contributed by atoms with van der Waals surface area (Å²) in [7, 11) is 0. The van der Waals surface area contributed by atoms with Gasteiger partial charge in [0.2, 0.25) is 0 Å². The monoisotopic (exact) mass is 456 g/mol. The second-order valence-electron chi connectivity index (χ2n) is 10.1. The lowest BCUT2D eigenvalue weighted by Crippen LogP contribution is -2.66. The number of phenolic OH excluding ortho intramolecular Hbond substituents is 1. The van der Waals surface area contributed by atoms with Crippen molar-refractivity contribution in [3.63, 3.8) is 0 Å². The lowest BCUT2D eigenvalue weighted by atomic mass is 9.61. The topological polar surface area (TPSA) is 88.5 Å². The Morgan fingerprint density at radius 2 is 2.09 bits per heavy atom. The van der Waals surface area contributed by atoms with E-state index in [-0.39, 0.29) is 23.7 Å². The molecule has 4 atom stereocenters. The maximum absolute atomic E-state index is 13.4. The summed E-state index contributed by atoms with van der Waals surface area (Å²) in [4.78, 5) is 30.6. The Hall–Kier alpha value is -2.32. The summed E-state index contributed by atoms with van der Waals surface area (Å²) in [5.74, 6) is 0.759. The van der Waals surface area contributed by atoms with E-state index in [0.717, 1.165) is 24.2 Å². The van der Waals surface area contributed by atoms with E-state index in [0.29, 0.717) is 57.2 Å². The zero-order chi connectivity index (χ0) is 22.7. The third-order valence-electron chi connectivity index (χ3n) is 8.29. The molecular formula is C25H32N2O6. The summed E-state index contributed by atoms with van der Waals surface area (Å²) in [5.41, 5.74) is 1.08. The summed E-state index contributed by atoms with van der Waals surface area (Å²) in [5, 5.41) is 10.5. The number of phenols is 1. The number of carbonyl (C=O) groups is 2. The Morgan fingerprint density at radius 3 is 2.82 bits per heavy atom. The highest BCUT2D eigenvalue weighted by molar-refractivity contribution is 5.88. The van der Waals surface area contributed by atoms with Crippen LogP contribution in [-0.2, 0) is 20.7 Å². The molecule has 8 nitrogen and oxygen atoms in total. The molecule has 1 saturated heterocycles. The second kappa shape index (κ2) is 7.87. The van der Waals surface area contributed by atoms with Gasteiger partial charge in [-0.3, -0.25) is 9.69 Å². The number of rotatable bonds is 5. The van der Waals surface area contributed by atoms with E-state index in [9.17, 15) is 14.7 Å². The molecule has 0 bridgehead atoms. The van der Waals surface area contributed by atoms with Gasteiger partial charge in [-0.25, -0.2) is 4.79 Å². The van der Waals surface area contributed by atoms with Crippen molar-refractivity contribution in [2.45, 2.75) is 62.7 Å². The van der Waals surface area contributed by atoms with Crippen molar-refractivity contribution in [1.29, 1.82) is 0 Å². The molecule has 3 aliphatic carbocycles. The van der Waals surface area contributed by atoms with E-state index in [1.165, 1.54) is 12.8 Å². The van der Waals surface area contributed by atoms with Gasteiger partial charge in [-0.2, -0.15) is 0 Å². The maximum Gasteiger partial charge on any atom is 0.410 e. The summed E-state index contributed by atoms with van der Waals surface area (Å²) in [6, 6.07) is 3.57. The summed E-state index contributed by atoms with van der Waals surface area (Å²) in [6.07, 6.45) is 2.92. The van der Waals surface area contributed by atoms with Crippen LogP contribution in [0, 0.1) is 5.92 Å². The normalized spacial score (nSPS) is 32.5. The Labute approximate surface area is 193 Å². The van der Waals surface area contributed by atoms with Crippen molar-refractivity contribution in [1.82, 2.24) is 9.80 Å². The molecule has 8 heteroatoms. The predicted octanol–water partition coefficient (Wildman–Crippen LogP) is 2.46. The number of carbonyl (C=O) groups excluding carboxylic acids is 2. The van der Waals surface area contributed by atoms with Gasteiger partial charge in [-0.1, -0.05) is 13.0 Å². The van der Waals surface area contributed by atoms with Crippen LogP contribution in [0.15, 0.2) is 12.1 Å². The number of ether oxygens (including phenoxy) is 3. The fraction of sp³-hybridized carbons (Fsp3) is 0.680. The maximum atomic E-state index is 13.4. The van der Waals surface area contributed by atoms with Crippen molar-refractivity contribution < 1.29 is 28.9 Å². The third kappa shape index (κ3) is 3.33. The number of aromatic hydroxyl groups is 1. The van der Waals surface area contributed by atoms with Crippen LogP contribution in [0.4, 0.5) is 4.79 Å². The van der Waals surface area contributed by atoms with Crippen LogP contribution in [-0.4, -0.2) is 83.9 Å². The Bertz CT molecular complexity index is 972. The standard InChI is InChI=1S/C25H32N2O6/c1-2-26(14-15-3-4-15)19-13-16-5-6-17(28)22-20(16)21-23(32-22)18(29)7-8-25(19,21)33-24(30)27-9-11-31-12-10-27/h5-6,15,19,21,23,28H,2-4,7-14H2,1H3/t19-,21?,23?,25?/m1/s1. The quantitative estimate of drug-likeness (QED) is 0.728. The average molecular weight is 457 g/mol. The van der Waals surface area contributed by atoms with Gasteiger partial charge in [0.15, 0.2) is 23.4 Å². The molecule has 3 fully saturated rings. The zero-order valence-electron chi connectivity index (χ0n) is 19.1. The first-order valence-corrected chi connectivity index (χ1v) is 12.4. The van der Waals surface area contributed by atoms with Crippen molar-refractivity contribution in [3.8, 4) is 11.5 Å².